The fraction of sp³-hybridized carbons (Fsp3) is 1.00. The Labute approximate surface area is 107 Å². The van der Waals surface area contributed by atoms with Gasteiger partial charge < -0.3 is 5.73 Å². The van der Waals surface area contributed by atoms with Gasteiger partial charge in [-0.3, -0.25) is 4.90 Å². The first kappa shape index (κ1) is 13.4. The van der Waals surface area contributed by atoms with Gasteiger partial charge in [0.15, 0.2) is 0 Å². The van der Waals surface area contributed by atoms with Crippen LogP contribution in [0.2, 0.25) is 0 Å². The van der Waals surface area contributed by atoms with Crippen molar-refractivity contribution in [1.82, 2.24) is 4.90 Å². The zero-order valence-corrected chi connectivity index (χ0v) is 11.7. The lowest BCUT2D eigenvalue weighted by Crippen LogP contribution is -2.46. The molecule has 0 spiro atoms. The third-order valence-corrected chi connectivity index (χ3v) is 5.18. The van der Waals surface area contributed by atoms with Crippen molar-refractivity contribution < 1.29 is 0 Å². The molecule has 2 nitrogen and oxygen atoms in total. The van der Waals surface area contributed by atoms with Crippen LogP contribution in [-0.4, -0.2) is 30.1 Å². The Morgan fingerprint density at radius 3 is 2.41 bits per heavy atom. The molecule has 0 bridgehead atoms. The van der Waals surface area contributed by atoms with Crippen LogP contribution in [0, 0.1) is 11.8 Å². The average molecular weight is 238 g/mol. The van der Waals surface area contributed by atoms with Crippen LogP contribution in [0.25, 0.3) is 0 Å². The van der Waals surface area contributed by atoms with Gasteiger partial charge >= 0.3 is 0 Å². The fourth-order valence-electron chi connectivity index (χ4n) is 3.95. The van der Waals surface area contributed by atoms with Crippen LogP contribution in [0.4, 0.5) is 0 Å². The zero-order chi connectivity index (χ0) is 12.3. The number of hydrogen-bond donors (Lipinski definition) is 1. The summed E-state index contributed by atoms with van der Waals surface area (Å²) in [6.07, 6.45) is 9.97. The van der Waals surface area contributed by atoms with E-state index in [-0.39, 0.29) is 0 Å². The summed E-state index contributed by atoms with van der Waals surface area (Å²) in [7, 11) is 0. The van der Waals surface area contributed by atoms with Crippen LogP contribution in [0.15, 0.2) is 0 Å². The molecule has 2 aliphatic carbocycles. The van der Waals surface area contributed by atoms with Crippen LogP contribution >= 0.6 is 0 Å². The van der Waals surface area contributed by atoms with Gasteiger partial charge in [0.05, 0.1) is 0 Å². The monoisotopic (exact) mass is 238 g/mol. The van der Waals surface area contributed by atoms with E-state index in [9.17, 15) is 0 Å². The number of hydrogen-bond acceptors (Lipinski definition) is 2. The van der Waals surface area contributed by atoms with E-state index in [0.29, 0.717) is 0 Å². The van der Waals surface area contributed by atoms with Crippen molar-refractivity contribution in [1.29, 1.82) is 0 Å². The molecule has 0 saturated heterocycles. The molecule has 3 atom stereocenters. The smallest absolute Gasteiger partial charge is 0.0138 e. The summed E-state index contributed by atoms with van der Waals surface area (Å²) in [6.45, 7) is 6.85. The normalized spacial score (nSPS) is 31.8. The first-order chi connectivity index (χ1) is 8.26. The molecule has 0 amide bonds. The molecule has 2 rings (SSSR count). The van der Waals surface area contributed by atoms with Gasteiger partial charge in [-0.25, -0.2) is 0 Å². The van der Waals surface area contributed by atoms with Gasteiger partial charge in [0.2, 0.25) is 0 Å². The van der Waals surface area contributed by atoms with Crippen molar-refractivity contribution in [2.75, 3.05) is 13.1 Å². The van der Waals surface area contributed by atoms with E-state index >= 15 is 0 Å². The molecule has 2 saturated carbocycles. The lowest BCUT2D eigenvalue weighted by atomic mass is 9.80. The van der Waals surface area contributed by atoms with Gasteiger partial charge in [-0.05, 0) is 51.1 Å². The highest BCUT2D eigenvalue weighted by molar-refractivity contribution is 4.89. The molecule has 2 fully saturated rings. The molecule has 0 heterocycles. The predicted molar refractivity (Wildman–Crippen MR) is 74.0 cm³/mol. The van der Waals surface area contributed by atoms with E-state index in [1.54, 1.807) is 0 Å². The topological polar surface area (TPSA) is 29.3 Å². The molecule has 2 N–H and O–H groups in total. The number of nitrogens with zero attached hydrogens (tertiary/aromatic N) is 1. The second-order valence-corrected chi connectivity index (χ2v) is 6.21. The van der Waals surface area contributed by atoms with E-state index in [0.717, 1.165) is 30.5 Å². The van der Waals surface area contributed by atoms with E-state index in [2.05, 4.69) is 18.7 Å². The minimum atomic E-state index is 0.763. The Kier molecular flexibility index (Phi) is 4.87. The van der Waals surface area contributed by atoms with Crippen molar-refractivity contribution in [3.63, 3.8) is 0 Å². The van der Waals surface area contributed by atoms with E-state index in [4.69, 9.17) is 5.73 Å². The summed E-state index contributed by atoms with van der Waals surface area (Å²) in [6, 6.07) is 1.54. The quantitative estimate of drug-likeness (QED) is 0.771. The van der Waals surface area contributed by atoms with Crippen LogP contribution in [0.3, 0.4) is 0 Å². The van der Waals surface area contributed by atoms with Gasteiger partial charge in [0.25, 0.3) is 0 Å². The molecule has 100 valence electrons. The largest absolute Gasteiger partial charge is 0.330 e. The van der Waals surface area contributed by atoms with Crippen molar-refractivity contribution in [3.8, 4) is 0 Å². The van der Waals surface area contributed by atoms with Gasteiger partial charge in [-0.15, -0.1) is 0 Å². The Balaban J connectivity index is 1.89. The summed E-state index contributed by atoms with van der Waals surface area (Å²) in [5.74, 6) is 1.79. The Bertz CT molecular complexity index is 225. The van der Waals surface area contributed by atoms with Gasteiger partial charge in [-0.1, -0.05) is 32.6 Å². The third kappa shape index (κ3) is 3.03. The first-order valence-corrected chi connectivity index (χ1v) is 7.72. The molecule has 2 heteroatoms. The maximum atomic E-state index is 5.93. The van der Waals surface area contributed by atoms with Crippen molar-refractivity contribution in [2.45, 2.75) is 70.9 Å². The van der Waals surface area contributed by atoms with Crippen LogP contribution < -0.4 is 5.73 Å². The third-order valence-electron chi connectivity index (χ3n) is 5.18. The average Bonchev–Trinajstić information content (AvgIpc) is 2.73. The van der Waals surface area contributed by atoms with E-state index < -0.39 is 0 Å². The van der Waals surface area contributed by atoms with E-state index in [1.807, 2.05) is 0 Å². The standard InChI is InChI=1S/C15H30N2/c1-3-17(12(2)10-13-6-4-7-13)15-9-5-8-14(15)11-16/h12-15H,3-11,16H2,1-2H3. The van der Waals surface area contributed by atoms with Crippen molar-refractivity contribution in [2.24, 2.45) is 17.6 Å². The molecule has 0 aromatic rings. The Morgan fingerprint density at radius 1 is 1.18 bits per heavy atom. The lowest BCUT2D eigenvalue weighted by Gasteiger charge is -2.39. The second kappa shape index (κ2) is 6.19. The minimum absolute atomic E-state index is 0.763. The molecular formula is C15H30N2. The highest BCUT2D eigenvalue weighted by Crippen LogP contribution is 2.35. The lowest BCUT2D eigenvalue weighted by molar-refractivity contribution is 0.0946. The summed E-state index contributed by atoms with van der Waals surface area (Å²) in [5, 5.41) is 0. The van der Waals surface area contributed by atoms with E-state index in [1.165, 1.54) is 51.5 Å². The molecule has 0 aromatic heterocycles. The number of nitrogens with two attached hydrogens (primary N) is 1. The zero-order valence-electron chi connectivity index (χ0n) is 11.7. The molecule has 17 heavy (non-hydrogen) atoms. The van der Waals surface area contributed by atoms with Crippen molar-refractivity contribution >= 4 is 0 Å². The SMILES string of the molecule is CCN(C(C)CC1CCC1)C1CCCC1CN. The maximum absolute atomic E-state index is 5.93. The van der Waals surface area contributed by atoms with Crippen LogP contribution in [0.1, 0.15) is 58.8 Å². The fourth-order valence-corrected chi connectivity index (χ4v) is 3.95. The van der Waals surface area contributed by atoms with Crippen molar-refractivity contribution in [3.05, 3.63) is 0 Å². The predicted octanol–water partition coefficient (Wildman–Crippen LogP) is 3.01. The Morgan fingerprint density at radius 2 is 1.88 bits per heavy atom. The summed E-state index contributed by atoms with van der Waals surface area (Å²) >= 11 is 0. The molecule has 0 aliphatic heterocycles. The maximum Gasteiger partial charge on any atom is 0.0138 e. The van der Waals surface area contributed by atoms with Crippen LogP contribution in [0.5, 0.6) is 0 Å². The molecule has 0 aromatic carbocycles. The minimum Gasteiger partial charge on any atom is -0.330 e. The number of rotatable bonds is 6. The van der Waals surface area contributed by atoms with Gasteiger partial charge in [0, 0.05) is 12.1 Å². The second-order valence-electron chi connectivity index (χ2n) is 6.21. The molecule has 0 radical (unpaired) electrons. The summed E-state index contributed by atoms with van der Waals surface area (Å²) in [4.78, 5) is 2.75. The Hall–Kier alpha value is -0.0800. The van der Waals surface area contributed by atoms with Crippen LogP contribution in [-0.2, 0) is 0 Å². The van der Waals surface area contributed by atoms with Gasteiger partial charge in [-0.2, -0.15) is 0 Å². The summed E-state index contributed by atoms with van der Waals surface area (Å²) < 4.78 is 0. The first-order valence-electron chi connectivity index (χ1n) is 7.72. The highest BCUT2D eigenvalue weighted by Gasteiger charge is 2.33. The molecular weight excluding hydrogens is 208 g/mol. The molecule has 2 aliphatic rings. The van der Waals surface area contributed by atoms with Gasteiger partial charge in [0.1, 0.15) is 0 Å². The highest BCUT2D eigenvalue weighted by atomic mass is 15.2. The summed E-state index contributed by atoms with van der Waals surface area (Å²) in [5.41, 5.74) is 5.93. The molecule has 3 unspecified atom stereocenters.